The van der Waals surface area contributed by atoms with E-state index in [9.17, 15) is 13.2 Å². The zero-order chi connectivity index (χ0) is 17.3. The van der Waals surface area contributed by atoms with E-state index in [0.717, 1.165) is 22.4 Å². The molecule has 6 nitrogen and oxygen atoms in total. The second-order valence-corrected chi connectivity index (χ2v) is 7.44. The van der Waals surface area contributed by atoms with E-state index in [2.05, 4.69) is 10.0 Å². The van der Waals surface area contributed by atoms with E-state index in [0.29, 0.717) is 12.2 Å². The first-order valence-corrected chi connectivity index (χ1v) is 8.93. The molecule has 0 radical (unpaired) electrons. The quantitative estimate of drug-likeness (QED) is 0.867. The van der Waals surface area contributed by atoms with Gasteiger partial charge >= 0.3 is 0 Å². The Hall–Kier alpha value is -2.38. The zero-order valence-corrected chi connectivity index (χ0v) is 14.2. The normalized spacial score (nSPS) is 13.5. The summed E-state index contributed by atoms with van der Waals surface area (Å²) >= 11 is 0. The number of amides is 1. The first-order chi connectivity index (χ1) is 11.4. The van der Waals surface area contributed by atoms with Crippen LogP contribution in [-0.4, -0.2) is 21.4 Å². The number of nitrogens with one attached hydrogen (secondary N) is 2. The maximum absolute atomic E-state index is 12.4. The van der Waals surface area contributed by atoms with Crippen molar-refractivity contribution in [2.75, 3.05) is 12.4 Å². The Morgan fingerprint density at radius 1 is 1.21 bits per heavy atom. The van der Waals surface area contributed by atoms with Gasteiger partial charge in [-0.25, -0.2) is 13.1 Å². The van der Waals surface area contributed by atoms with E-state index in [4.69, 9.17) is 4.74 Å². The second kappa shape index (κ2) is 6.26. The summed E-state index contributed by atoms with van der Waals surface area (Å²) in [4.78, 5) is 11.6. The van der Waals surface area contributed by atoms with Crippen molar-refractivity contribution >= 4 is 21.6 Å². The number of ether oxygens (including phenoxy) is 1. The SMILES string of the molecule is COc1ccc(S(=O)(=O)NCc2ccc3c(c2)CC(=O)N3)cc1C. The van der Waals surface area contributed by atoms with Crippen LogP contribution in [0.15, 0.2) is 41.3 Å². The molecule has 1 aliphatic heterocycles. The molecule has 0 saturated carbocycles. The van der Waals surface area contributed by atoms with Crippen molar-refractivity contribution < 1.29 is 17.9 Å². The third-order valence-corrected chi connectivity index (χ3v) is 5.34. The molecule has 2 aromatic rings. The van der Waals surface area contributed by atoms with Crippen molar-refractivity contribution in [1.82, 2.24) is 4.72 Å². The van der Waals surface area contributed by atoms with Crippen LogP contribution in [0.5, 0.6) is 5.75 Å². The van der Waals surface area contributed by atoms with Crippen molar-refractivity contribution in [1.29, 1.82) is 0 Å². The summed E-state index contributed by atoms with van der Waals surface area (Å²) in [6.45, 7) is 1.96. The average Bonchev–Trinajstić information content (AvgIpc) is 2.92. The minimum absolute atomic E-state index is 0.0450. The standard InChI is InChI=1S/C17H18N2O4S/c1-11-7-14(4-6-16(11)23-2)24(21,22)18-10-12-3-5-15-13(8-12)9-17(20)19-15/h3-8,18H,9-10H2,1-2H3,(H,19,20). The molecular weight excluding hydrogens is 328 g/mol. The van der Waals surface area contributed by atoms with Crippen LogP contribution in [0.4, 0.5) is 5.69 Å². The molecule has 2 aromatic carbocycles. The predicted molar refractivity (Wildman–Crippen MR) is 90.5 cm³/mol. The van der Waals surface area contributed by atoms with Gasteiger partial charge in [-0.1, -0.05) is 12.1 Å². The van der Waals surface area contributed by atoms with Crippen LogP contribution in [0.2, 0.25) is 0 Å². The predicted octanol–water partition coefficient (Wildman–Crippen LogP) is 1.98. The average molecular weight is 346 g/mol. The second-order valence-electron chi connectivity index (χ2n) is 5.67. The van der Waals surface area contributed by atoms with Crippen molar-refractivity contribution in [3.05, 3.63) is 53.1 Å². The lowest BCUT2D eigenvalue weighted by molar-refractivity contribution is -0.115. The number of anilines is 1. The molecular formula is C17H18N2O4S. The number of hydrogen-bond donors (Lipinski definition) is 2. The maximum atomic E-state index is 12.4. The van der Waals surface area contributed by atoms with Gasteiger partial charge in [-0.15, -0.1) is 0 Å². The number of rotatable bonds is 5. The summed E-state index contributed by atoms with van der Waals surface area (Å²) in [6, 6.07) is 10.2. The van der Waals surface area contributed by atoms with E-state index in [1.165, 1.54) is 6.07 Å². The molecule has 0 unspecified atom stereocenters. The Morgan fingerprint density at radius 2 is 2.00 bits per heavy atom. The highest BCUT2D eigenvalue weighted by molar-refractivity contribution is 7.89. The van der Waals surface area contributed by atoms with E-state index in [1.54, 1.807) is 38.3 Å². The molecule has 1 amide bonds. The highest BCUT2D eigenvalue weighted by Gasteiger charge is 2.19. The summed E-state index contributed by atoms with van der Waals surface area (Å²) in [6.07, 6.45) is 0.327. The summed E-state index contributed by atoms with van der Waals surface area (Å²) in [5, 5.41) is 2.75. The van der Waals surface area contributed by atoms with Gasteiger partial charge in [0.2, 0.25) is 15.9 Å². The van der Waals surface area contributed by atoms with Gasteiger partial charge in [-0.3, -0.25) is 4.79 Å². The van der Waals surface area contributed by atoms with Gasteiger partial charge in [0.05, 0.1) is 18.4 Å². The molecule has 0 bridgehead atoms. The van der Waals surface area contributed by atoms with Gasteiger partial charge in [0.25, 0.3) is 0 Å². The summed E-state index contributed by atoms with van der Waals surface area (Å²) in [5.74, 6) is 0.598. The van der Waals surface area contributed by atoms with Crippen LogP contribution < -0.4 is 14.8 Å². The first kappa shape index (κ1) is 16.5. The molecule has 0 aliphatic carbocycles. The van der Waals surface area contributed by atoms with Crippen molar-refractivity contribution in [2.45, 2.75) is 24.8 Å². The van der Waals surface area contributed by atoms with E-state index in [-0.39, 0.29) is 17.3 Å². The molecule has 7 heteroatoms. The Labute approximate surface area is 140 Å². The molecule has 1 heterocycles. The number of carbonyl (C=O) groups is 1. The minimum atomic E-state index is -3.62. The van der Waals surface area contributed by atoms with Gasteiger partial charge in [0.15, 0.2) is 0 Å². The number of aryl methyl sites for hydroxylation is 1. The van der Waals surface area contributed by atoms with Gasteiger partial charge in [-0.2, -0.15) is 0 Å². The Kier molecular flexibility index (Phi) is 4.29. The molecule has 2 N–H and O–H groups in total. The fourth-order valence-corrected chi connectivity index (χ4v) is 3.77. The molecule has 0 spiro atoms. The monoisotopic (exact) mass is 346 g/mol. The lowest BCUT2D eigenvalue weighted by Crippen LogP contribution is -2.23. The van der Waals surface area contributed by atoms with Crippen LogP contribution in [0, 0.1) is 6.92 Å². The fraction of sp³-hybridized carbons (Fsp3) is 0.235. The molecule has 3 rings (SSSR count). The topological polar surface area (TPSA) is 84.5 Å². The third-order valence-electron chi connectivity index (χ3n) is 3.94. The van der Waals surface area contributed by atoms with Crippen LogP contribution >= 0.6 is 0 Å². The number of carbonyl (C=O) groups excluding carboxylic acids is 1. The van der Waals surface area contributed by atoms with E-state index >= 15 is 0 Å². The Bertz CT molecular complexity index is 907. The van der Waals surface area contributed by atoms with Crippen molar-refractivity contribution in [2.24, 2.45) is 0 Å². The number of fused-ring (bicyclic) bond motifs is 1. The lowest BCUT2D eigenvalue weighted by atomic mass is 10.1. The van der Waals surface area contributed by atoms with Crippen LogP contribution in [0.25, 0.3) is 0 Å². The van der Waals surface area contributed by atoms with Gasteiger partial charge in [-0.05, 0) is 47.9 Å². The van der Waals surface area contributed by atoms with Crippen molar-refractivity contribution in [3.8, 4) is 5.75 Å². The smallest absolute Gasteiger partial charge is 0.240 e. The molecule has 1 aliphatic rings. The molecule has 126 valence electrons. The zero-order valence-electron chi connectivity index (χ0n) is 13.4. The summed E-state index contributed by atoms with van der Waals surface area (Å²) in [7, 11) is -2.08. The maximum Gasteiger partial charge on any atom is 0.240 e. The van der Waals surface area contributed by atoms with E-state index in [1.807, 2.05) is 6.07 Å². The number of sulfonamides is 1. The van der Waals surface area contributed by atoms with Crippen LogP contribution in [-0.2, 0) is 27.8 Å². The number of methoxy groups -OCH3 is 1. The Balaban J connectivity index is 1.75. The number of benzene rings is 2. The molecule has 0 atom stereocenters. The fourth-order valence-electron chi connectivity index (χ4n) is 2.67. The highest BCUT2D eigenvalue weighted by Crippen LogP contribution is 2.24. The van der Waals surface area contributed by atoms with Gasteiger partial charge in [0, 0.05) is 12.2 Å². The highest BCUT2D eigenvalue weighted by atomic mass is 32.2. The number of hydrogen-bond acceptors (Lipinski definition) is 4. The van der Waals surface area contributed by atoms with Crippen molar-refractivity contribution in [3.63, 3.8) is 0 Å². The lowest BCUT2D eigenvalue weighted by Gasteiger charge is -2.10. The molecule has 0 aromatic heterocycles. The Morgan fingerprint density at radius 3 is 2.71 bits per heavy atom. The summed E-state index contributed by atoms with van der Waals surface area (Å²) in [5.41, 5.74) is 3.23. The van der Waals surface area contributed by atoms with Gasteiger partial charge in [0.1, 0.15) is 5.75 Å². The van der Waals surface area contributed by atoms with Crippen LogP contribution in [0.3, 0.4) is 0 Å². The summed E-state index contributed by atoms with van der Waals surface area (Å²) < 4.78 is 32.6. The largest absolute Gasteiger partial charge is 0.496 e. The van der Waals surface area contributed by atoms with Gasteiger partial charge < -0.3 is 10.1 Å². The first-order valence-electron chi connectivity index (χ1n) is 7.45. The molecule has 0 fully saturated rings. The molecule has 24 heavy (non-hydrogen) atoms. The minimum Gasteiger partial charge on any atom is -0.496 e. The molecule has 0 saturated heterocycles. The van der Waals surface area contributed by atoms with E-state index < -0.39 is 10.0 Å². The third kappa shape index (κ3) is 3.27. The van der Waals surface area contributed by atoms with Crippen LogP contribution in [0.1, 0.15) is 16.7 Å².